The molecule has 0 aromatic carbocycles. The van der Waals surface area contributed by atoms with E-state index in [4.69, 9.17) is 5.11 Å². The van der Waals surface area contributed by atoms with Crippen LogP contribution in [0.15, 0.2) is 24.5 Å². The second-order valence-electron chi connectivity index (χ2n) is 3.23. The molecule has 0 saturated heterocycles. The third kappa shape index (κ3) is 4.97. The van der Waals surface area contributed by atoms with Gasteiger partial charge in [0.25, 0.3) is 0 Å². The molecule has 0 radical (unpaired) electrons. The summed E-state index contributed by atoms with van der Waals surface area (Å²) in [6, 6.07) is 0. The molecule has 0 spiro atoms. The Morgan fingerprint density at radius 3 is 3.13 bits per heavy atom. The number of carbonyl (C=O) groups is 1. The zero-order valence-electron chi connectivity index (χ0n) is 8.68. The Morgan fingerprint density at radius 1 is 1.73 bits per heavy atom. The van der Waals surface area contributed by atoms with Crippen LogP contribution in [0.3, 0.4) is 0 Å². The first kappa shape index (κ1) is 11.5. The Labute approximate surface area is 88.4 Å². The van der Waals surface area contributed by atoms with Crippen LogP contribution >= 0.6 is 0 Å². The third-order valence-corrected chi connectivity index (χ3v) is 1.80. The van der Waals surface area contributed by atoms with Crippen molar-refractivity contribution in [3.8, 4) is 0 Å². The molecule has 0 aliphatic carbocycles. The highest BCUT2D eigenvalue weighted by Crippen LogP contribution is 1.92. The minimum absolute atomic E-state index is 0.562. The summed E-state index contributed by atoms with van der Waals surface area (Å²) in [6.07, 6.45) is 6.49. The van der Waals surface area contributed by atoms with E-state index in [1.165, 1.54) is 0 Å². The normalized spacial score (nSPS) is 11.0. The van der Waals surface area contributed by atoms with E-state index in [-0.39, 0.29) is 0 Å². The van der Waals surface area contributed by atoms with Crippen LogP contribution in [-0.4, -0.2) is 33.9 Å². The third-order valence-electron chi connectivity index (χ3n) is 1.80. The van der Waals surface area contributed by atoms with Crippen LogP contribution in [0.2, 0.25) is 0 Å². The molecule has 0 amide bonds. The van der Waals surface area contributed by atoms with Gasteiger partial charge >= 0.3 is 5.97 Å². The maximum Gasteiger partial charge on any atom is 0.328 e. The van der Waals surface area contributed by atoms with Crippen LogP contribution in [0.25, 0.3) is 0 Å². The molecule has 5 nitrogen and oxygen atoms in total. The van der Waals surface area contributed by atoms with Crippen molar-refractivity contribution in [2.45, 2.75) is 13.5 Å². The quantitative estimate of drug-likeness (QED) is 0.526. The van der Waals surface area contributed by atoms with Crippen molar-refractivity contribution >= 4 is 5.97 Å². The van der Waals surface area contributed by atoms with Gasteiger partial charge in [0.05, 0.1) is 12.7 Å². The fourth-order valence-corrected chi connectivity index (χ4v) is 1.13. The lowest BCUT2D eigenvalue weighted by Crippen LogP contribution is -2.20. The Hall–Kier alpha value is -1.62. The van der Waals surface area contributed by atoms with Crippen LogP contribution in [0.5, 0.6) is 0 Å². The van der Waals surface area contributed by atoms with Crippen LogP contribution in [0.4, 0.5) is 0 Å². The number of carboxylic acid groups (broad SMARTS) is 1. The molecule has 0 aliphatic rings. The summed E-state index contributed by atoms with van der Waals surface area (Å²) in [4.78, 5) is 10.1. The van der Waals surface area contributed by atoms with Crippen LogP contribution in [0.1, 0.15) is 5.56 Å². The van der Waals surface area contributed by atoms with E-state index in [9.17, 15) is 4.79 Å². The second-order valence-corrected chi connectivity index (χ2v) is 3.23. The highest BCUT2D eigenvalue weighted by molar-refractivity contribution is 5.79. The first-order valence-corrected chi connectivity index (χ1v) is 4.78. The zero-order chi connectivity index (χ0) is 11.1. The zero-order valence-corrected chi connectivity index (χ0v) is 8.68. The lowest BCUT2D eigenvalue weighted by atomic mass is 10.4. The summed E-state index contributed by atoms with van der Waals surface area (Å²) in [6.45, 7) is 4.11. The summed E-state index contributed by atoms with van der Waals surface area (Å²) in [5.41, 5.74) is 1.14. The van der Waals surface area contributed by atoms with Gasteiger partial charge in [-0.2, -0.15) is 5.10 Å². The van der Waals surface area contributed by atoms with Crippen molar-refractivity contribution in [3.05, 3.63) is 30.1 Å². The van der Waals surface area contributed by atoms with E-state index in [1.54, 1.807) is 6.08 Å². The Bertz CT molecular complexity index is 344. The van der Waals surface area contributed by atoms with E-state index in [0.717, 1.165) is 24.7 Å². The molecule has 1 rings (SSSR count). The molecule has 1 aromatic rings. The Kier molecular flexibility index (Phi) is 4.56. The van der Waals surface area contributed by atoms with Gasteiger partial charge in [-0.1, -0.05) is 6.08 Å². The maximum absolute atomic E-state index is 10.1. The molecule has 5 heteroatoms. The first-order valence-electron chi connectivity index (χ1n) is 4.78. The lowest BCUT2D eigenvalue weighted by molar-refractivity contribution is -0.131. The predicted octanol–water partition coefficient (Wildman–Crippen LogP) is 0.422. The molecule has 0 atom stereocenters. The highest BCUT2D eigenvalue weighted by Gasteiger charge is 1.92. The molecule has 1 aromatic heterocycles. The van der Waals surface area contributed by atoms with E-state index in [2.05, 4.69) is 10.4 Å². The summed E-state index contributed by atoms with van der Waals surface area (Å²) < 4.78 is 1.85. The second kappa shape index (κ2) is 5.98. The topological polar surface area (TPSA) is 67.2 Å². The summed E-state index contributed by atoms with van der Waals surface area (Å²) >= 11 is 0. The molecular weight excluding hydrogens is 194 g/mol. The summed E-state index contributed by atoms with van der Waals surface area (Å²) in [5.74, 6) is -0.917. The molecule has 82 valence electrons. The number of hydrogen-bond acceptors (Lipinski definition) is 3. The fraction of sp³-hybridized carbons (Fsp3) is 0.400. The monoisotopic (exact) mass is 209 g/mol. The molecule has 1 heterocycles. The van der Waals surface area contributed by atoms with Gasteiger partial charge in [-0.25, -0.2) is 4.79 Å². The number of rotatable bonds is 6. The van der Waals surface area contributed by atoms with Crippen molar-refractivity contribution in [2.24, 2.45) is 0 Å². The number of aliphatic carboxylic acids is 1. The SMILES string of the molecule is Cc1cnn(CCNC/C=C/C(=O)O)c1. The highest BCUT2D eigenvalue weighted by atomic mass is 16.4. The van der Waals surface area contributed by atoms with Gasteiger partial charge in [0, 0.05) is 25.4 Å². The predicted molar refractivity (Wildman–Crippen MR) is 56.6 cm³/mol. The average molecular weight is 209 g/mol. The van der Waals surface area contributed by atoms with Gasteiger partial charge < -0.3 is 10.4 Å². The standard InChI is InChI=1S/C10H15N3O2/c1-9-7-12-13(8-9)6-5-11-4-2-3-10(14)15/h2-3,7-8,11H,4-6H2,1H3,(H,14,15)/b3-2+. The number of aryl methyl sites for hydroxylation is 1. The van der Waals surface area contributed by atoms with Crippen molar-refractivity contribution in [2.75, 3.05) is 13.1 Å². The number of nitrogens with zero attached hydrogens (tertiary/aromatic N) is 2. The minimum atomic E-state index is -0.917. The van der Waals surface area contributed by atoms with Crippen molar-refractivity contribution in [1.82, 2.24) is 15.1 Å². The number of aromatic nitrogens is 2. The van der Waals surface area contributed by atoms with Crippen LogP contribution in [0, 0.1) is 6.92 Å². The maximum atomic E-state index is 10.1. The molecule has 0 bridgehead atoms. The molecule has 0 unspecified atom stereocenters. The molecule has 0 fully saturated rings. The Morgan fingerprint density at radius 2 is 2.53 bits per heavy atom. The molecule has 0 saturated carbocycles. The average Bonchev–Trinajstić information content (AvgIpc) is 2.57. The molecular formula is C10H15N3O2. The van der Waals surface area contributed by atoms with E-state index >= 15 is 0 Å². The van der Waals surface area contributed by atoms with Gasteiger partial charge in [-0.3, -0.25) is 4.68 Å². The smallest absolute Gasteiger partial charge is 0.328 e. The largest absolute Gasteiger partial charge is 0.478 e. The van der Waals surface area contributed by atoms with Crippen molar-refractivity contribution in [1.29, 1.82) is 0 Å². The molecule has 0 aliphatic heterocycles. The number of carboxylic acids is 1. The van der Waals surface area contributed by atoms with Crippen LogP contribution < -0.4 is 5.32 Å². The van der Waals surface area contributed by atoms with Crippen molar-refractivity contribution in [3.63, 3.8) is 0 Å². The molecule has 2 N–H and O–H groups in total. The van der Waals surface area contributed by atoms with E-state index in [0.29, 0.717) is 6.54 Å². The number of nitrogens with one attached hydrogen (secondary N) is 1. The number of hydrogen-bond donors (Lipinski definition) is 2. The van der Waals surface area contributed by atoms with E-state index < -0.39 is 5.97 Å². The van der Waals surface area contributed by atoms with Gasteiger partial charge in [-0.15, -0.1) is 0 Å². The minimum Gasteiger partial charge on any atom is -0.478 e. The van der Waals surface area contributed by atoms with Gasteiger partial charge in [0.2, 0.25) is 0 Å². The fourth-order valence-electron chi connectivity index (χ4n) is 1.13. The lowest BCUT2D eigenvalue weighted by Gasteiger charge is -2.01. The molecule has 15 heavy (non-hydrogen) atoms. The van der Waals surface area contributed by atoms with E-state index in [1.807, 2.05) is 24.0 Å². The van der Waals surface area contributed by atoms with Crippen LogP contribution in [-0.2, 0) is 11.3 Å². The van der Waals surface area contributed by atoms with Crippen molar-refractivity contribution < 1.29 is 9.90 Å². The van der Waals surface area contributed by atoms with Gasteiger partial charge in [0.15, 0.2) is 0 Å². The first-order chi connectivity index (χ1) is 7.18. The summed E-state index contributed by atoms with van der Waals surface area (Å²) in [7, 11) is 0. The van der Waals surface area contributed by atoms with Gasteiger partial charge in [0.1, 0.15) is 0 Å². The Balaban J connectivity index is 2.09. The van der Waals surface area contributed by atoms with Gasteiger partial charge in [-0.05, 0) is 12.5 Å². The summed E-state index contributed by atoms with van der Waals surface area (Å²) in [5, 5.41) is 15.5.